The molecule has 2 rings (SSSR count). The van der Waals surface area contributed by atoms with Gasteiger partial charge < -0.3 is 16.2 Å². The van der Waals surface area contributed by atoms with E-state index in [-0.39, 0.29) is 12.0 Å². The van der Waals surface area contributed by atoms with E-state index in [4.69, 9.17) is 5.73 Å². The molecular formula is C16H31N3O. The van der Waals surface area contributed by atoms with Gasteiger partial charge in [0, 0.05) is 19.2 Å². The van der Waals surface area contributed by atoms with Crippen LogP contribution < -0.4 is 11.1 Å². The average molecular weight is 281 g/mol. The van der Waals surface area contributed by atoms with Crippen molar-refractivity contribution in [2.75, 3.05) is 13.2 Å². The summed E-state index contributed by atoms with van der Waals surface area (Å²) in [5.74, 6) is 0.612. The molecule has 0 bridgehead atoms. The van der Waals surface area contributed by atoms with Crippen molar-refractivity contribution in [3.63, 3.8) is 0 Å². The van der Waals surface area contributed by atoms with E-state index in [9.17, 15) is 5.11 Å². The maximum atomic E-state index is 9.25. The second-order valence-electron chi connectivity index (χ2n) is 6.72. The predicted octanol–water partition coefficient (Wildman–Crippen LogP) is 2.56. The lowest BCUT2D eigenvalue weighted by Gasteiger charge is -2.26. The molecular weight excluding hydrogens is 250 g/mol. The van der Waals surface area contributed by atoms with Crippen LogP contribution in [0, 0.1) is 5.41 Å². The molecule has 0 radical (unpaired) electrons. The van der Waals surface area contributed by atoms with Gasteiger partial charge in [0.25, 0.3) is 0 Å². The van der Waals surface area contributed by atoms with Gasteiger partial charge in [-0.3, -0.25) is 4.99 Å². The lowest BCUT2D eigenvalue weighted by atomic mass is 9.83. The van der Waals surface area contributed by atoms with Gasteiger partial charge in [0.05, 0.1) is 0 Å². The number of hydrogen-bond donors (Lipinski definition) is 3. The van der Waals surface area contributed by atoms with Crippen molar-refractivity contribution in [1.82, 2.24) is 5.32 Å². The number of guanidine groups is 1. The van der Waals surface area contributed by atoms with Crippen molar-refractivity contribution in [2.24, 2.45) is 16.1 Å². The average Bonchev–Trinajstić information content (AvgIpc) is 2.74. The number of nitrogens with one attached hydrogen (secondary N) is 1. The third-order valence-corrected chi connectivity index (χ3v) is 5.10. The van der Waals surface area contributed by atoms with E-state index in [0.717, 1.165) is 13.0 Å². The van der Waals surface area contributed by atoms with Gasteiger partial charge in [0.15, 0.2) is 5.96 Å². The Balaban J connectivity index is 1.82. The van der Waals surface area contributed by atoms with Gasteiger partial charge >= 0.3 is 0 Å². The molecule has 2 saturated carbocycles. The number of nitrogens with zero attached hydrogens (tertiary/aromatic N) is 1. The molecule has 2 fully saturated rings. The van der Waals surface area contributed by atoms with Crippen LogP contribution in [-0.4, -0.2) is 30.3 Å². The Bertz CT molecular complexity index is 303. The molecule has 0 spiro atoms. The summed E-state index contributed by atoms with van der Waals surface area (Å²) in [4.78, 5) is 4.59. The van der Waals surface area contributed by atoms with Gasteiger partial charge in [-0.1, -0.05) is 38.5 Å². The second kappa shape index (κ2) is 7.87. The summed E-state index contributed by atoms with van der Waals surface area (Å²) >= 11 is 0. The van der Waals surface area contributed by atoms with Gasteiger partial charge in [-0.05, 0) is 37.5 Å². The van der Waals surface area contributed by atoms with Gasteiger partial charge in [0.1, 0.15) is 0 Å². The number of aliphatic hydroxyl groups excluding tert-OH is 1. The molecule has 116 valence electrons. The van der Waals surface area contributed by atoms with Crippen molar-refractivity contribution >= 4 is 5.96 Å². The van der Waals surface area contributed by atoms with Crippen LogP contribution >= 0.6 is 0 Å². The predicted molar refractivity (Wildman–Crippen MR) is 83.7 cm³/mol. The van der Waals surface area contributed by atoms with E-state index in [1.165, 1.54) is 64.2 Å². The Morgan fingerprint density at radius 3 is 2.35 bits per heavy atom. The van der Waals surface area contributed by atoms with Crippen molar-refractivity contribution in [3.8, 4) is 0 Å². The number of rotatable bonds is 5. The minimum Gasteiger partial charge on any atom is -0.396 e. The van der Waals surface area contributed by atoms with Crippen molar-refractivity contribution in [3.05, 3.63) is 0 Å². The lowest BCUT2D eigenvalue weighted by Crippen LogP contribution is -2.40. The second-order valence-corrected chi connectivity index (χ2v) is 6.72. The van der Waals surface area contributed by atoms with Crippen LogP contribution in [0.4, 0.5) is 0 Å². The van der Waals surface area contributed by atoms with Crippen LogP contribution in [0.25, 0.3) is 0 Å². The fourth-order valence-corrected chi connectivity index (χ4v) is 3.78. The Hall–Kier alpha value is -0.770. The molecule has 4 nitrogen and oxygen atoms in total. The molecule has 0 aromatic rings. The first-order valence-corrected chi connectivity index (χ1v) is 8.41. The molecule has 0 aliphatic heterocycles. The lowest BCUT2D eigenvalue weighted by molar-refractivity contribution is 0.191. The zero-order valence-electron chi connectivity index (χ0n) is 12.7. The normalized spacial score (nSPS) is 24.6. The van der Waals surface area contributed by atoms with Crippen LogP contribution in [0.2, 0.25) is 0 Å². The molecule has 0 unspecified atom stereocenters. The van der Waals surface area contributed by atoms with Crippen LogP contribution in [0.15, 0.2) is 4.99 Å². The maximum Gasteiger partial charge on any atom is 0.188 e. The van der Waals surface area contributed by atoms with Crippen LogP contribution in [0.1, 0.15) is 70.6 Å². The largest absolute Gasteiger partial charge is 0.396 e. The van der Waals surface area contributed by atoms with E-state index in [1.54, 1.807) is 0 Å². The smallest absolute Gasteiger partial charge is 0.188 e. The Morgan fingerprint density at radius 1 is 1.10 bits per heavy atom. The number of aliphatic imine (C=N–C) groups is 1. The third kappa shape index (κ3) is 4.65. The highest BCUT2D eigenvalue weighted by molar-refractivity contribution is 5.78. The van der Waals surface area contributed by atoms with Crippen LogP contribution in [0.5, 0.6) is 0 Å². The fourth-order valence-electron chi connectivity index (χ4n) is 3.78. The first kappa shape index (κ1) is 15.6. The Labute approximate surface area is 123 Å². The summed E-state index contributed by atoms with van der Waals surface area (Å²) < 4.78 is 0. The topological polar surface area (TPSA) is 70.6 Å². The standard InChI is InChI=1S/C16H31N3O/c17-15(19-14-7-3-1-2-4-8-14)18-13-16(11-12-20)9-5-6-10-16/h14,20H,1-13H2,(H3,17,18,19). The number of nitrogens with two attached hydrogens (primary N) is 1. The quantitative estimate of drug-likeness (QED) is 0.412. The fraction of sp³-hybridized carbons (Fsp3) is 0.938. The van der Waals surface area contributed by atoms with Crippen LogP contribution in [0.3, 0.4) is 0 Å². The highest BCUT2D eigenvalue weighted by atomic mass is 16.3. The molecule has 20 heavy (non-hydrogen) atoms. The Kier molecular flexibility index (Phi) is 6.14. The van der Waals surface area contributed by atoms with Gasteiger partial charge in [0.2, 0.25) is 0 Å². The number of hydrogen-bond acceptors (Lipinski definition) is 2. The maximum absolute atomic E-state index is 9.25. The highest BCUT2D eigenvalue weighted by Crippen LogP contribution is 2.41. The van der Waals surface area contributed by atoms with E-state index in [2.05, 4.69) is 10.3 Å². The van der Waals surface area contributed by atoms with Gasteiger partial charge in [-0.2, -0.15) is 0 Å². The molecule has 4 heteroatoms. The van der Waals surface area contributed by atoms with E-state index < -0.39 is 0 Å². The van der Waals surface area contributed by atoms with Gasteiger partial charge in [-0.15, -0.1) is 0 Å². The van der Waals surface area contributed by atoms with Crippen molar-refractivity contribution in [1.29, 1.82) is 0 Å². The summed E-state index contributed by atoms with van der Waals surface area (Å²) in [7, 11) is 0. The monoisotopic (exact) mass is 281 g/mol. The highest BCUT2D eigenvalue weighted by Gasteiger charge is 2.33. The van der Waals surface area contributed by atoms with Gasteiger partial charge in [-0.25, -0.2) is 0 Å². The van der Waals surface area contributed by atoms with E-state index in [1.807, 2.05) is 0 Å². The molecule has 2 aliphatic carbocycles. The minimum absolute atomic E-state index is 0.213. The molecule has 0 aromatic heterocycles. The third-order valence-electron chi connectivity index (χ3n) is 5.10. The molecule has 0 atom stereocenters. The SMILES string of the molecule is NC(=NCC1(CCO)CCCC1)NC1CCCCCC1. The van der Waals surface area contributed by atoms with E-state index in [0.29, 0.717) is 12.0 Å². The summed E-state index contributed by atoms with van der Waals surface area (Å²) in [5.41, 5.74) is 6.28. The van der Waals surface area contributed by atoms with Crippen molar-refractivity contribution < 1.29 is 5.11 Å². The molecule has 2 aliphatic rings. The Morgan fingerprint density at radius 2 is 1.75 bits per heavy atom. The number of aliphatic hydroxyl groups is 1. The summed E-state index contributed by atoms with van der Waals surface area (Å²) in [6.45, 7) is 1.05. The molecule has 0 amide bonds. The van der Waals surface area contributed by atoms with Crippen molar-refractivity contribution in [2.45, 2.75) is 76.7 Å². The summed E-state index contributed by atoms with van der Waals surface area (Å²) in [6.07, 6.45) is 13.5. The van der Waals surface area contributed by atoms with E-state index >= 15 is 0 Å². The summed E-state index contributed by atoms with van der Waals surface area (Å²) in [5, 5.41) is 12.7. The molecule has 4 N–H and O–H groups in total. The summed E-state index contributed by atoms with van der Waals surface area (Å²) in [6, 6.07) is 0.513. The minimum atomic E-state index is 0.213. The first-order chi connectivity index (χ1) is 9.74. The zero-order valence-corrected chi connectivity index (χ0v) is 12.7. The van der Waals surface area contributed by atoms with Crippen LogP contribution in [-0.2, 0) is 0 Å². The first-order valence-electron chi connectivity index (χ1n) is 8.41. The molecule has 0 saturated heterocycles. The zero-order chi connectivity index (χ0) is 14.3. The molecule has 0 aromatic carbocycles. The molecule has 0 heterocycles.